The topological polar surface area (TPSA) is 35.6 Å². The molecule has 0 amide bonds. The molecule has 0 unspecified atom stereocenters. The molecule has 10 aromatic rings. The summed E-state index contributed by atoms with van der Waals surface area (Å²) >= 11 is 0. The number of nitrogens with zero attached hydrogens (tertiary/aromatic N) is 4. The zero-order valence-corrected chi connectivity index (χ0v) is 41.1. The van der Waals surface area contributed by atoms with Crippen molar-refractivity contribution < 1.29 is 0 Å². The van der Waals surface area contributed by atoms with E-state index in [0.29, 0.717) is 5.82 Å². The fourth-order valence-corrected chi connectivity index (χ4v) is 11.1. The van der Waals surface area contributed by atoms with Crippen molar-refractivity contribution in [3.63, 3.8) is 0 Å². The molecule has 0 fully saturated rings. The van der Waals surface area contributed by atoms with Crippen molar-refractivity contribution in [2.75, 3.05) is 0 Å². The summed E-state index contributed by atoms with van der Waals surface area (Å²) in [5.41, 5.74) is 21.8. The first-order valence-corrected chi connectivity index (χ1v) is 24.2. The van der Waals surface area contributed by atoms with E-state index >= 15 is 0 Å². The molecule has 5 heterocycles. The average molecular weight is 871 g/mol. The van der Waals surface area contributed by atoms with E-state index in [1.54, 1.807) is 0 Å². The van der Waals surface area contributed by atoms with E-state index in [-0.39, 0.29) is 28.4 Å². The van der Waals surface area contributed by atoms with E-state index in [9.17, 15) is 0 Å². The lowest BCUT2D eigenvalue weighted by Gasteiger charge is -2.36. The predicted molar refractivity (Wildman–Crippen MR) is 286 cm³/mol. The molecule has 12 rings (SSSR count). The molecule has 0 atom stereocenters. The summed E-state index contributed by atoms with van der Waals surface area (Å²) in [6.45, 7) is 28.2. The maximum absolute atomic E-state index is 5.47. The van der Waals surface area contributed by atoms with Crippen molar-refractivity contribution in [1.29, 1.82) is 0 Å². The molecule has 0 saturated heterocycles. The molecule has 330 valence electrons. The standard InChI is InChI=1S/C62H59BN4/c1-59(2,3)39-23-25-51-43(29-39)45-31-41(61(7,8)9)33-47-56(45)66(51)53-27-38(50-35-49(36-19-15-13-16-20-36)64-58(65-50)37-21-17-14-18-22-37)28-54-55(53)63(47)48-34-42(62(10,11)12)32-46-44-30-40(60(4,5)6)24-26-52(44)67(54)57(46)48/h13-35H,1-12H3. The summed E-state index contributed by atoms with van der Waals surface area (Å²) < 4.78 is 5.24. The van der Waals surface area contributed by atoms with Crippen LogP contribution in [0, 0.1) is 0 Å². The molecule has 67 heavy (non-hydrogen) atoms. The SMILES string of the molecule is CC(C)(C)c1ccc2c(c1)c1cc(C(C)(C)C)cc3c1n2-c1cc(-c2cc(-c4ccccc4)nc(-c4ccccc4)n2)cc2c1B3c1cc(C(C)(C)C)cc3c4cc(C(C)(C)C)ccc4n-2c13. The highest BCUT2D eigenvalue weighted by molar-refractivity contribution is 7.00. The van der Waals surface area contributed by atoms with Gasteiger partial charge in [-0.2, -0.15) is 0 Å². The molecule has 0 bridgehead atoms. The monoisotopic (exact) mass is 870 g/mol. The van der Waals surface area contributed by atoms with Crippen molar-refractivity contribution in [2.24, 2.45) is 0 Å². The summed E-state index contributed by atoms with van der Waals surface area (Å²) in [5.74, 6) is 0.716. The highest BCUT2D eigenvalue weighted by Crippen LogP contribution is 2.44. The maximum Gasteiger partial charge on any atom is 0.252 e. The van der Waals surface area contributed by atoms with E-state index in [4.69, 9.17) is 9.97 Å². The van der Waals surface area contributed by atoms with Crippen LogP contribution in [0.5, 0.6) is 0 Å². The molecule has 2 aliphatic rings. The Hall–Kier alpha value is -6.72. The highest BCUT2D eigenvalue weighted by Gasteiger charge is 2.43. The first kappa shape index (κ1) is 41.7. The average Bonchev–Trinajstić information content (AvgIpc) is 3.81. The number of rotatable bonds is 3. The lowest BCUT2D eigenvalue weighted by atomic mass is 9.34. The number of hydrogen-bond donors (Lipinski definition) is 0. The maximum atomic E-state index is 5.47. The van der Waals surface area contributed by atoms with Gasteiger partial charge in [-0.05, 0) is 115 Å². The molecule has 0 radical (unpaired) electrons. The fraction of sp³-hybridized carbons (Fsp3) is 0.258. The minimum Gasteiger partial charge on any atom is -0.310 e. The van der Waals surface area contributed by atoms with Gasteiger partial charge in [0.2, 0.25) is 0 Å². The van der Waals surface area contributed by atoms with Crippen LogP contribution < -0.4 is 16.4 Å². The molecule has 7 aromatic carbocycles. The molecule has 2 aliphatic heterocycles. The van der Waals surface area contributed by atoms with Crippen LogP contribution in [0.15, 0.2) is 140 Å². The van der Waals surface area contributed by atoms with Crippen LogP contribution >= 0.6 is 0 Å². The lowest BCUT2D eigenvalue weighted by molar-refractivity contribution is 0.590. The summed E-state index contributed by atoms with van der Waals surface area (Å²) in [6.07, 6.45) is 0. The van der Waals surface area contributed by atoms with Crippen molar-refractivity contribution in [3.8, 4) is 45.3 Å². The van der Waals surface area contributed by atoms with Crippen LogP contribution in [-0.4, -0.2) is 25.8 Å². The number of aromatic nitrogens is 4. The summed E-state index contributed by atoms with van der Waals surface area (Å²) in [4.78, 5) is 10.7. The Bertz CT molecular complexity index is 3470. The first-order chi connectivity index (χ1) is 31.7. The Morgan fingerprint density at radius 3 is 1.21 bits per heavy atom. The van der Waals surface area contributed by atoms with Gasteiger partial charge >= 0.3 is 0 Å². The molecule has 4 nitrogen and oxygen atoms in total. The van der Waals surface area contributed by atoms with Crippen molar-refractivity contribution in [1.82, 2.24) is 19.1 Å². The van der Waals surface area contributed by atoms with Crippen molar-refractivity contribution in [2.45, 2.75) is 105 Å². The van der Waals surface area contributed by atoms with Crippen LogP contribution in [0.3, 0.4) is 0 Å². The van der Waals surface area contributed by atoms with Gasteiger partial charge in [0.25, 0.3) is 6.71 Å². The number of fused-ring (bicyclic) bond motifs is 10. The summed E-state index contributed by atoms with van der Waals surface area (Å²) in [7, 11) is 0. The van der Waals surface area contributed by atoms with Gasteiger partial charge in [-0.1, -0.05) is 168 Å². The lowest BCUT2D eigenvalue weighted by Crippen LogP contribution is -2.59. The van der Waals surface area contributed by atoms with E-state index in [1.165, 1.54) is 93.6 Å². The second kappa shape index (κ2) is 13.9. The Morgan fingerprint density at radius 1 is 0.373 bits per heavy atom. The quantitative estimate of drug-likeness (QED) is 0.166. The third-order valence-corrected chi connectivity index (χ3v) is 14.9. The van der Waals surface area contributed by atoms with E-state index in [0.717, 1.165) is 28.1 Å². The molecular formula is C62H59BN4. The summed E-state index contributed by atoms with van der Waals surface area (Å²) in [5, 5.41) is 5.26. The van der Waals surface area contributed by atoms with E-state index in [1.807, 2.05) is 0 Å². The van der Waals surface area contributed by atoms with Crippen LogP contribution in [0.4, 0.5) is 0 Å². The van der Waals surface area contributed by atoms with Gasteiger partial charge in [-0.3, -0.25) is 0 Å². The van der Waals surface area contributed by atoms with Gasteiger partial charge in [0.05, 0.1) is 22.4 Å². The highest BCUT2D eigenvalue weighted by atomic mass is 15.0. The second-order valence-corrected chi connectivity index (χ2v) is 23.6. The molecule has 0 aliphatic carbocycles. The zero-order valence-electron chi connectivity index (χ0n) is 41.1. The normalized spacial score (nSPS) is 13.6. The smallest absolute Gasteiger partial charge is 0.252 e. The molecule has 0 spiro atoms. The minimum atomic E-state index is -0.0663. The predicted octanol–water partition coefficient (Wildman–Crippen LogP) is 14.0. The largest absolute Gasteiger partial charge is 0.310 e. The van der Waals surface area contributed by atoms with Gasteiger partial charge < -0.3 is 9.13 Å². The second-order valence-electron chi connectivity index (χ2n) is 23.6. The fourth-order valence-electron chi connectivity index (χ4n) is 11.1. The van der Waals surface area contributed by atoms with Gasteiger partial charge in [-0.25, -0.2) is 9.97 Å². The Balaban J connectivity index is 1.28. The third-order valence-electron chi connectivity index (χ3n) is 14.9. The Kier molecular flexibility index (Phi) is 8.66. The van der Waals surface area contributed by atoms with Gasteiger partial charge in [0.15, 0.2) is 5.82 Å². The van der Waals surface area contributed by atoms with E-state index < -0.39 is 0 Å². The van der Waals surface area contributed by atoms with Gasteiger partial charge in [0, 0.05) is 60.6 Å². The van der Waals surface area contributed by atoms with Crippen molar-refractivity contribution >= 4 is 66.7 Å². The van der Waals surface area contributed by atoms with Crippen LogP contribution in [0.2, 0.25) is 0 Å². The summed E-state index contributed by atoms with van der Waals surface area (Å²) in [6, 6.07) is 52.7. The molecule has 3 aromatic heterocycles. The van der Waals surface area contributed by atoms with Crippen LogP contribution in [0.1, 0.15) is 105 Å². The van der Waals surface area contributed by atoms with Gasteiger partial charge in [-0.15, -0.1) is 0 Å². The first-order valence-electron chi connectivity index (χ1n) is 24.2. The van der Waals surface area contributed by atoms with Crippen LogP contribution in [-0.2, 0) is 21.7 Å². The Morgan fingerprint density at radius 2 is 0.776 bits per heavy atom. The molecule has 0 N–H and O–H groups in total. The third kappa shape index (κ3) is 6.33. The number of hydrogen-bond acceptors (Lipinski definition) is 2. The van der Waals surface area contributed by atoms with E-state index in [2.05, 4.69) is 232 Å². The number of benzene rings is 7. The minimum absolute atomic E-state index is 0.00314. The zero-order chi connectivity index (χ0) is 46.7. The Labute approximate surface area is 395 Å². The van der Waals surface area contributed by atoms with Crippen LogP contribution in [0.25, 0.3) is 88.9 Å². The molecule has 5 heteroatoms. The molecule has 0 saturated carbocycles. The van der Waals surface area contributed by atoms with Gasteiger partial charge in [0.1, 0.15) is 0 Å². The molecular weight excluding hydrogens is 812 g/mol. The van der Waals surface area contributed by atoms with Crippen molar-refractivity contribution in [3.05, 3.63) is 162 Å².